The molecule has 0 bridgehead atoms. The average molecular weight is 488 g/mol. The van der Waals surface area contributed by atoms with E-state index in [1.165, 1.54) is 17.3 Å². The highest BCUT2D eigenvalue weighted by Gasteiger charge is 2.11. The van der Waals surface area contributed by atoms with Crippen molar-refractivity contribution in [2.24, 2.45) is 0 Å². The lowest BCUT2D eigenvalue weighted by molar-refractivity contribution is 0.0925. The van der Waals surface area contributed by atoms with Gasteiger partial charge in [0.05, 0.1) is 23.9 Å². The number of rotatable bonds is 14. The number of benzene rings is 2. The number of aryl methyl sites for hydroxylation is 2. The van der Waals surface area contributed by atoms with E-state index >= 15 is 0 Å². The molecule has 0 aliphatic carbocycles. The Kier molecular flexibility index (Phi) is 9.20. The predicted molar refractivity (Wildman–Crippen MR) is 144 cm³/mol. The van der Waals surface area contributed by atoms with Gasteiger partial charge in [-0.15, -0.1) is 0 Å². The van der Waals surface area contributed by atoms with Crippen molar-refractivity contribution in [2.45, 2.75) is 64.8 Å². The number of carbonyl (C=O) groups excluding carboxylic acids is 1. The zero-order valence-electron chi connectivity index (χ0n) is 21.4. The van der Waals surface area contributed by atoms with Gasteiger partial charge >= 0.3 is 0 Å². The topological polar surface area (TPSA) is 69.3 Å². The van der Waals surface area contributed by atoms with Gasteiger partial charge in [0, 0.05) is 19.5 Å². The Morgan fingerprint density at radius 3 is 2.64 bits per heavy atom. The normalized spacial score (nSPS) is 11.3. The summed E-state index contributed by atoms with van der Waals surface area (Å²) >= 11 is 0. The lowest BCUT2D eigenvalue weighted by Crippen LogP contribution is -2.23. The number of hydrogen-bond donors (Lipinski definition) is 1. The molecular weight excluding hydrogens is 450 g/mol. The number of amides is 1. The Morgan fingerprint density at radius 2 is 1.81 bits per heavy atom. The lowest BCUT2D eigenvalue weighted by atomic mass is 10.0. The van der Waals surface area contributed by atoms with Crippen molar-refractivity contribution < 1.29 is 13.9 Å². The molecule has 0 fully saturated rings. The summed E-state index contributed by atoms with van der Waals surface area (Å²) in [4.78, 5) is 16.9. The first-order valence-electron chi connectivity index (χ1n) is 13.1. The van der Waals surface area contributed by atoms with Crippen LogP contribution in [-0.4, -0.2) is 28.6 Å². The summed E-state index contributed by atoms with van der Waals surface area (Å²) in [6, 6.07) is 20.1. The molecule has 1 amide bonds. The molecule has 0 aliphatic heterocycles. The third kappa shape index (κ3) is 6.78. The first kappa shape index (κ1) is 25.5. The number of furan rings is 1. The Bertz CT molecular complexity index is 1230. The molecule has 0 saturated carbocycles. The molecule has 2 aromatic carbocycles. The maximum atomic E-state index is 12.0. The molecule has 36 heavy (non-hydrogen) atoms. The van der Waals surface area contributed by atoms with Crippen molar-refractivity contribution in [3.8, 4) is 5.75 Å². The zero-order chi connectivity index (χ0) is 25.2. The summed E-state index contributed by atoms with van der Waals surface area (Å²) in [6.07, 6.45) is 7.48. The van der Waals surface area contributed by atoms with Gasteiger partial charge in [-0.25, -0.2) is 4.98 Å². The highest BCUT2D eigenvalue weighted by atomic mass is 16.5. The van der Waals surface area contributed by atoms with Crippen LogP contribution in [0.4, 0.5) is 0 Å². The second kappa shape index (κ2) is 13.0. The monoisotopic (exact) mass is 487 g/mol. The molecule has 6 nitrogen and oxygen atoms in total. The standard InChI is InChI=1S/C30H37N3O3/c1-23(2)24-13-5-8-16-27(24)35-21-11-10-20-33-26-15-7-6-14-25(26)32-29(33)18-4-3-9-19-31-30(34)28-17-12-22-36-28/h5-8,12-17,22-23H,3-4,9-11,18-21H2,1-2H3,(H,31,34). The molecule has 190 valence electrons. The van der Waals surface area contributed by atoms with Crippen LogP contribution in [0.1, 0.15) is 73.8 Å². The Labute approximate surface area is 213 Å². The van der Waals surface area contributed by atoms with Crippen molar-refractivity contribution >= 4 is 16.9 Å². The van der Waals surface area contributed by atoms with Crippen molar-refractivity contribution in [1.29, 1.82) is 0 Å². The minimum absolute atomic E-state index is 0.154. The summed E-state index contributed by atoms with van der Waals surface area (Å²) in [7, 11) is 0. The van der Waals surface area contributed by atoms with E-state index in [0.29, 0.717) is 18.2 Å². The minimum atomic E-state index is -0.154. The second-order valence-electron chi connectivity index (χ2n) is 9.46. The van der Waals surface area contributed by atoms with Gasteiger partial charge in [-0.2, -0.15) is 0 Å². The molecule has 2 aromatic heterocycles. The maximum absolute atomic E-state index is 12.0. The summed E-state index contributed by atoms with van der Waals surface area (Å²) in [5.74, 6) is 2.80. The lowest BCUT2D eigenvalue weighted by Gasteiger charge is -2.14. The molecule has 0 unspecified atom stereocenters. The van der Waals surface area contributed by atoms with Gasteiger partial charge in [0.1, 0.15) is 11.6 Å². The highest BCUT2D eigenvalue weighted by molar-refractivity contribution is 5.91. The summed E-state index contributed by atoms with van der Waals surface area (Å²) in [5, 5.41) is 2.91. The molecule has 6 heteroatoms. The number of nitrogens with zero attached hydrogens (tertiary/aromatic N) is 2. The molecule has 4 rings (SSSR count). The summed E-state index contributed by atoms with van der Waals surface area (Å²) in [6.45, 7) is 6.70. The van der Waals surface area contributed by atoms with Gasteiger partial charge in [-0.05, 0) is 67.5 Å². The summed E-state index contributed by atoms with van der Waals surface area (Å²) < 4.78 is 13.6. The molecule has 2 heterocycles. The molecule has 0 saturated heterocycles. The Morgan fingerprint density at radius 1 is 0.972 bits per heavy atom. The van der Waals surface area contributed by atoms with Crippen LogP contribution < -0.4 is 10.1 Å². The van der Waals surface area contributed by atoms with E-state index < -0.39 is 0 Å². The first-order chi connectivity index (χ1) is 17.6. The Balaban J connectivity index is 1.24. The highest BCUT2D eigenvalue weighted by Crippen LogP contribution is 2.26. The van der Waals surface area contributed by atoms with Crippen molar-refractivity contribution in [3.05, 3.63) is 84.1 Å². The van der Waals surface area contributed by atoms with Gasteiger partial charge < -0.3 is 19.0 Å². The molecule has 4 aromatic rings. The van der Waals surface area contributed by atoms with Gasteiger partial charge in [0.15, 0.2) is 5.76 Å². The molecular formula is C30H37N3O3. The van der Waals surface area contributed by atoms with Gasteiger partial charge in [-0.1, -0.05) is 50.6 Å². The second-order valence-corrected chi connectivity index (χ2v) is 9.46. The molecule has 0 aliphatic rings. The molecule has 1 N–H and O–H groups in total. The number of fused-ring (bicyclic) bond motifs is 1. The first-order valence-corrected chi connectivity index (χ1v) is 13.1. The van der Waals surface area contributed by atoms with Crippen LogP contribution in [0.5, 0.6) is 5.75 Å². The van der Waals surface area contributed by atoms with Crippen LogP contribution in [-0.2, 0) is 13.0 Å². The van der Waals surface area contributed by atoms with Crippen LogP contribution in [0.25, 0.3) is 11.0 Å². The van der Waals surface area contributed by atoms with E-state index in [1.54, 1.807) is 12.1 Å². The third-order valence-corrected chi connectivity index (χ3v) is 6.42. The smallest absolute Gasteiger partial charge is 0.286 e. The minimum Gasteiger partial charge on any atom is -0.493 e. The van der Waals surface area contributed by atoms with E-state index in [9.17, 15) is 4.79 Å². The fourth-order valence-corrected chi connectivity index (χ4v) is 4.49. The molecule has 0 radical (unpaired) electrons. The van der Waals surface area contributed by atoms with Crippen LogP contribution in [0.3, 0.4) is 0 Å². The number of hydrogen-bond acceptors (Lipinski definition) is 4. The number of carbonyl (C=O) groups is 1. The van der Waals surface area contributed by atoms with Crippen LogP contribution in [0.2, 0.25) is 0 Å². The predicted octanol–water partition coefficient (Wildman–Crippen LogP) is 6.75. The summed E-state index contributed by atoms with van der Waals surface area (Å²) in [5.41, 5.74) is 3.52. The fourth-order valence-electron chi connectivity index (χ4n) is 4.49. The van der Waals surface area contributed by atoms with Crippen LogP contribution in [0.15, 0.2) is 71.3 Å². The van der Waals surface area contributed by atoms with Gasteiger partial charge in [-0.3, -0.25) is 4.79 Å². The van der Waals surface area contributed by atoms with E-state index in [1.807, 2.05) is 12.1 Å². The van der Waals surface area contributed by atoms with E-state index in [4.69, 9.17) is 14.1 Å². The third-order valence-electron chi connectivity index (χ3n) is 6.42. The van der Waals surface area contributed by atoms with Gasteiger partial charge in [0.25, 0.3) is 5.91 Å². The van der Waals surface area contributed by atoms with Gasteiger partial charge in [0.2, 0.25) is 0 Å². The van der Waals surface area contributed by atoms with E-state index in [-0.39, 0.29) is 5.91 Å². The largest absolute Gasteiger partial charge is 0.493 e. The number of para-hydroxylation sites is 3. The number of aromatic nitrogens is 2. The SMILES string of the molecule is CC(C)c1ccccc1OCCCCn1c(CCCCCNC(=O)c2ccco2)nc2ccccc21. The van der Waals surface area contributed by atoms with Crippen molar-refractivity contribution in [2.75, 3.05) is 13.2 Å². The fraction of sp³-hybridized carbons (Fsp3) is 0.400. The molecule has 0 spiro atoms. The van der Waals surface area contributed by atoms with E-state index in [0.717, 1.165) is 68.8 Å². The number of ether oxygens (including phenoxy) is 1. The van der Waals surface area contributed by atoms with Crippen LogP contribution >= 0.6 is 0 Å². The van der Waals surface area contributed by atoms with E-state index in [2.05, 4.69) is 60.1 Å². The number of nitrogens with one attached hydrogen (secondary N) is 1. The molecule has 0 atom stereocenters. The van der Waals surface area contributed by atoms with Crippen LogP contribution in [0, 0.1) is 0 Å². The maximum Gasteiger partial charge on any atom is 0.286 e. The quantitative estimate of drug-likeness (QED) is 0.200. The average Bonchev–Trinajstić information content (AvgIpc) is 3.55. The van der Waals surface area contributed by atoms with Crippen molar-refractivity contribution in [1.82, 2.24) is 14.9 Å². The number of unbranched alkanes of at least 4 members (excludes halogenated alkanes) is 3. The number of imidazole rings is 1. The zero-order valence-corrected chi connectivity index (χ0v) is 21.4. The van der Waals surface area contributed by atoms with Crippen molar-refractivity contribution in [3.63, 3.8) is 0 Å². The Hall–Kier alpha value is -3.54.